The van der Waals surface area contributed by atoms with Crippen molar-refractivity contribution in [1.29, 1.82) is 0 Å². The zero-order valence-electron chi connectivity index (χ0n) is 8.11. The summed E-state index contributed by atoms with van der Waals surface area (Å²) in [6.45, 7) is 1.28. The monoisotopic (exact) mass is 231 g/mol. The molecule has 0 spiro atoms. The zero-order valence-corrected chi connectivity index (χ0v) is 8.11. The van der Waals surface area contributed by atoms with Crippen LogP contribution in [0.1, 0.15) is 28.0 Å². The first-order valence-electron chi connectivity index (χ1n) is 4.08. The van der Waals surface area contributed by atoms with Crippen molar-refractivity contribution in [2.75, 3.05) is 0 Å². The Bertz CT molecular complexity index is 462. The van der Waals surface area contributed by atoms with Gasteiger partial charge in [-0.3, -0.25) is 4.79 Å². The Morgan fingerprint density at radius 1 is 1.62 bits per heavy atom. The molecule has 1 heterocycles. The molecule has 86 valence electrons. The molecule has 6 nitrogen and oxygen atoms in total. The molecule has 0 aromatic carbocycles. The predicted octanol–water partition coefficient (Wildman–Crippen LogP) is 1.33. The number of nitro groups is 1. The van der Waals surface area contributed by atoms with Crippen LogP contribution in [0.5, 0.6) is 0 Å². The number of aryl methyl sites for hydroxylation is 1. The molecule has 0 aliphatic rings. The molecule has 8 heteroatoms. The van der Waals surface area contributed by atoms with Crippen molar-refractivity contribution < 1.29 is 18.5 Å². The van der Waals surface area contributed by atoms with Gasteiger partial charge in [-0.05, 0) is 28.5 Å². The minimum absolute atomic E-state index is 0.00417. The first kappa shape index (κ1) is 12.0. The molecular formula is C8H7F2N3O3. The third-order valence-corrected chi connectivity index (χ3v) is 1.86. The molecule has 0 saturated carbocycles. The van der Waals surface area contributed by atoms with Crippen molar-refractivity contribution in [3.8, 4) is 0 Å². The number of alkyl halides is 2. The Balaban J connectivity index is 3.52. The molecule has 0 saturated heterocycles. The quantitative estimate of drug-likeness (QED) is 0.626. The number of aromatic nitrogens is 1. The van der Waals surface area contributed by atoms with Crippen LogP contribution >= 0.6 is 0 Å². The Hall–Kier alpha value is -2.12. The van der Waals surface area contributed by atoms with Crippen LogP contribution in [0.2, 0.25) is 0 Å². The maximum Gasteiger partial charge on any atom is 0.377 e. The zero-order chi connectivity index (χ0) is 12.5. The number of rotatable bonds is 3. The first-order chi connectivity index (χ1) is 7.34. The number of carbonyl (C=O) groups excluding carboxylic acids is 1. The van der Waals surface area contributed by atoms with Crippen molar-refractivity contribution in [3.63, 3.8) is 0 Å². The van der Waals surface area contributed by atoms with Crippen LogP contribution in [0.25, 0.3) is 0 Å². The van der Waals surface area contributed by atoms with Gasteiger partial charge in [0, 0.05) is 0 Å². The lowest BCUT2D eigenvalue weighted by Gasteiger charge is -2.03. The summed E-state index contributed by atoms with van der Waals surface area (Å²) in [6, 6.07) is 0.901. The molecule has 0 aliphatic heterocycles. The average molecular weight is 231 g/mol. The van der Waals surface area contributed by atoms with E-state index in [1.54, 1.807) is 0 Å². The Morgan fingerprint density at radius 2 is 2.19 bits per heavy atom. The number of hydrogen-bond acceptors (Lipinski definition) is 4. The van der Waals surface area contributed by atoms with E-state index in [2.05, 4.69) is 4.98 Å². The van der Waals surface area contributed by atoms with Crippen LogP contribution in [0.3, 0.4) is 0 Å². The minimum Gasteiger partial charge on any atom is -0.365 e. The predicted molar refractivity (Wildman–Crippen MR) is 49.1 cm³/mol. The molecule has 0 radical (unpaired) electrons. The van der Waals surface area contributed by atoms with Crippen molar-refractivity contribution in [2.45, 2.75) is 13.3 Å². The summed E-state index contributed by atoms with van der Waals surface area (Å²) in [5, 5.41) is 10.5. The molecular weight excluding hydrogens is 224 g/mol. The smallest absolute Gasteiger partial charge is 0.365 e. The van der Waals surface area contributed by atoms with Crippen molar-refractivity contribution >= 4 is 11.7 Å². The van der Waals surface area contributed by atoms with E-state index in [1.165, 1.54) is 6.92 Å². The maximum absolute atomic E-state index is 12.3. The summed E-state index contributed by atoms with van der Waals surface area (Å²) in [4.78, 5) is 23.6. The van der Waals surface area contributed by atoms with E-state index in [-0.39, 0.29) is 5.56 Å². The van der Waals surface area contributed by atoms with Crippen molar-refractivity contribution in [2.24, 2.45) is 5.73 Å². The minimum atomic E-state index is -2.95. The molecule has 1 aromatic heterocycles. The molecule has 0 bridgehead atoms. The summed E-state index contributed by atoms with van der Waals surface area (Å²) in [5.41, 5.74) is 3.71. The van der Waals surface area contributed by atoms with Crippen LogP contribution in [0, 0.1) is 17.0 Å². The Morgan fingerprint density at radius 3 is 2.56 bits per heavy atom. The van der Waals surface area contributed by atoms with Gasteiger partial charge in [-0.1, -0.05) is 0 Å². The largest absolute Gasteiger partial charge is 0.377 e. The van der Waals surface area contributed by atoms with Gasteiger partial charge in [-0.25, -0.2) is 8.78 Å². The standard InChI is InChI=1S/C8H7F2N3O3/c1-3-2-4(6(9)10)12-8(13(15)16)5(3)7(11)14/h2,6H,1H3,(H2,11,14). The highest BCUT2D eigenvalue weighted by molar-refractivity contribution is 5.97. The molecule has 0 atom stereocenters. The molecule has 0 unspecified atom stereocenters. The van der Waals surface area contributed by atoms with Crippen LogP contribution in [-0.2, 0) is 0 Å². The van der Waals surface area contributed by atoms with E-state index >= 15 is 0 Å². The van der Waals surface area contributed by atoms with E-state index in [4.69, 9.17) is 5.73 Å². The fourth-order valence-electron chi connectivity index (χ4n) is 1.23. The van der Waals surface area contributed by atoms with E-state index < -0.39 is 34.3 Å². The van der Waals surface area contributed by atoms with Crippen LogP contribution in [-0.4, -0.2) is 15.8 Å². The third kappa shape index (κ3) is 2.10. The number of halogens is 2. The first-order valence-corrected chi connectivity index (χ1v) is 4.08. The second kappa shape index (κ2) is 4.17. The summed E-state index contributed by atoms with van der Waals surface area (Å²) in [7, 11) is 0. The number of pyridine rings is 1. The number of carbonyl (C=O) groups is 1. The second-order valence-electron chi connectivity index (χ2n) is 2.98. The van der Waals surface area contributed by atoms with Crippen LogP contribution in [0.4, 0.5) is 14.6 Å². The summed E-state index contributed by atoms with van der Waals surface area (Å²) in [6.07, 6.45) is -2.95. The summed E-state index contributed by atoms with van der Waals surface area (Å²) in [5.74, 6) is -2.01. The molecule has 0 aliphatic carbocycles. The lowest BCUT2D eigenvalue weighted by molar-refractivity contribution is -0.390. The van der Waals surface area contributed by atoms with Crippen LogP contribution in [0.15, 0.2) is 6.07 Å². The van der Waals surface area contributed by atoms with Gasteiger partial charge in [-0.15, -0.1) is 0 Å². The molecule has 0 fully saturated rings. The van der Waals surface area contributed by atoms with Gasteiger partial charge in [0.25, 0.3) is 5.91 Å². The van der Waals surface area contributed by atoms with Gasteiger partial charge >= 0.3 is 12.2 Å². The van der Waals surface area contributed by atoms with E-state index in [0.717, 1.165) is 6.07 Å². The molecule has 1 amide bonds. The van der Waals surface area contributed by atoms with E-state index in [9.17, 15) is 23.7 Å². The van der Waals surface area contributed by atoms with Crippen molar-refractivity contribution in [3.05, 3.63) is 33.0 Å². The van der Waals surface area contributed by atoms with Gasteiger partial charge in [0.05, 0.1) is 0 Å². The highest BCUT2D eigenvalue weighted by Crippen LogP contribution is 2.25. The fraction of sp³-hybridized carbons (Fsp3) is 0.250. The van der Waals surface area contributed by atoms with Gasteiger partial charge in [0.15, 0.2) is 0 Å². The van der Waals surface area contributed by atoms with Gasteiger partial charge in [0.1, 0.15) is 5.56 Å². The highest BCUT2D eigenvalue weighted by atomic mass is 19.3. The van der Waals surface area contributed by atoms with E-state index in [1.807, 2.05) is 0 Å². The SMILES string of the molecule is Cc1cc(C(F)F)nc([N+](=O)[O-])c1C(N)=O. The van der Waals surface area contributed by atoms with E-state index in [0.29, 0.717) is 0 Å². The molecule has 1 aromatic rings. The number of amides is 1. The Labute approximate surface area is 88.2 Å². The lowest BCUT2D eigenvalue weighted by atomic mass is 10.1. The third-order valence-electron chi connectivity index (χ3n) is 1.86. The second-order valence-corrected chi connectivity index (χ2v) is 2.98. The normalized spacial score (nSPS) is 10.5. The molecule has 2 N–H and O–H groups in total. The lowest BCUT2D eigenvalue weighted by Crippen LogP contribution is -2.17. The number of primary amides is 1. The summed E-state index contributed by atoms with van der Waals surface area (Å²) < 4.78 is 24.6. The number of hydrogen-bond donors (Lipinski definition) is 1. The maximum atomic E-state index is 12.3. The summed E-state index contributed by atoms with van der Waals surface area (Å²) >= 11 is 0. The topological polar surface area (TPSA) is 99.1 Å². The van der Waals surface area contributed by atoms with Gasteiger partial charge in [-0.2, -0.15) is 0 Å². The highest BCUT2D eigenvalue weighted by Gasteiger charge is 2.27. The van der Waals surface area contributed by atoms with Crippen molar-refractivity contribution in [1.82, 2.24) is 4.98 Å². The average Bonchev–Trinajstić information content (AvgIpc) is 2.15. The molecule has 16 heavy (non-hydrogen) atoms. The van der Waals surface area contributed by atoms with Gasteiger partial charge < -0.3 is 15.8 Å². The Kier molecular flexibility index (Phi) is 3.11. The van der Waals surface area contributed by atoms with Crippen LogP contribution < -0.4 is 5.73 Å². The number of nitrogens with zero attached hydrogens (tertiary/aromatic N) is 2. The fourth-order valence-corrected chi connectivity index (χ4v) is 1.23. The molecule has 1 rings (SSSR count). The van der Waals surface area contributed by atoms with Gasteiger partial charge in [0.2, 0.25) is 5.69 Å². The number of nitrogens with two attached hydrogens (primary N) is 1.